The van der Waals surface area contributed by atoms with E-state index in [1.165, 1.54) is 6.92 Å². The number of nitrogens with one attached hydrogen (secondary N) is 1. The van der Waals surface area contributed by atoms with E-state index in [1.807, 2.05) is 30.3 Å². The van der Waals surface area contributed by atoms with Crippen molar-refractivity contribution in [1.82, 2.24) is 10.2 Å². The number of nitrogens with zero attached hydrogens (tertiary/aromatic N) is 1. The van der Waals surface area contributed by atoms with Gasteiger partial charge in [-0.2, -0.15) is 0 Å². The third kappa shape index (κ3) is 6.56. The summed E-state index contributed by atoms with van der Waals surface area (Å²) in [6.07, 6.45) is -0.148. The summed E-state index contributed by atoms with van der Waals surface area (Å²) in [5, 5.41) is 2.72. The number of ketones is 1. The summed E-state index contributed by atoms with van der Waals surface area (Å²) in [5.74, 6) is -0.317. The SMILES string of the molecule is CC(=O)C[C@H]1COC(C)(C)N1C(=O)[C@H](Cc1ccccc1)NC(=O)OC(C)(C)C. The van der Waals surface area contributed by atoms with Crippen LogP contribution in [-0.4, -0.2) is 52.7 Å². The molecule has 1 aromatic rings. The average Bonchev–Trinajstić information content (AvgIpc) is 2.86. The predicted molar refractivity (Wildman–Crippen MR) is 109 cm³/mol. The number of rotatable bonds is 6. The van der Waals surface area contributed by atoms with Crippen molar-refractivity contribution in [3.63, 3.8) is 0 Å². The minimum Gasteiger partial charge on any atom is -0.444 e. The van der Waals surface area contributed by atoms with Crippen LogP contribution in [0.25, 0.3) is 0 Å². The Balaban J connectivity index is 2.28. The lowest BCUT2D eigenvalue weighted by atomic mass is 10.0. The van der Waals surface area contributed by atoms with E-state index in [0.717, 1.165) is 5.56 Å². The van der Waals surface area contributed by atoms with Crippen molar-refractivity contribution < 1.29 is 23.9 Å². The van der Waals surface area contributed by atoms with Crippen molar-refractivity contribution in [3.05, 3.63) is 35.9 Å². The van der Waals surface area contributed by atoms with Crippen LogP contribution in [0.5, 0.6) is 0 Å². The zero-order valence-corrected chi connectivity index (χ0v) is 18.2. The molecule has 1 aliphatic rings. The Kier molecular flexibility index (Phi) is 7.06. The number of amides is 2. The number of hydrogen-bond acceptors (Lipinski definition) is 5. The first kappa shape index (κ1) is 22.9. The Morgan fingerprint density at radius 3 is 2.41 bits per heavy atom. The van der Waals surface area contributed by atoms with E-state index < -0.39 is 23.5 Å². The molecule has 0 aliphatic carbocycles. The molecule has 2 amide bonds. The maximum Gasteiger partial charge on any atom is 0.408 e. The first-order valence-electron chi connectivity index (χ1n) is 9.89. The number of Topliss-reactive ketones (excluding diaryl/α,β-unsaturated/α-hetero) is 1. The van der Waals surface area contributed by atoms with Gasteiger partial charge in [-0.05, 0) is 47.1 Å². The molecule has 7 nitrogen and oxygen atoms in total. The van der Waals surface area contributed by atoms with Gasteiger partial charge in [0, 0.05) is 12.8 Å². The minimum absolute atomic E-state index is 0.0196. The van der Waals surface area contributed by atoms with Crippen LogP contribution >= 0.6 is 0 Å². The molecule has 0 aromatic heterocycles. The monoisotopic (exact) mass is 404 g/mol. The molecule has 1 heterocycles. The van der Waals surface area contributed by atoms with Crippen LogP contribution in [0.3, 0.4) is 0 Å². The van der Waals surface area contributed by atoms with E-state index in [9.17, 15) is 14.4 Å². The van der Waals surface area contributed by atoms with Crippen LogP contribution in [0.2, 0.25) is 0 Å². The van der Waals surface area contributed by atoms with E-state index >= 15 is 0 Å². The standard InChI is InChI=1S/C22H32N2O5/c1-15(25)12-17-14-28-22(5,6)24(17)19(26)18(13-16-10-8-7-9-11-16)23-20(27)29-21(2,3)4/h7-11,17-18H,12-14H2,1-6H3,(H,23,27)/t17-,18-/m0/s1. The van der Waals surface area contributed by atoms with Gasteiger partial charge in [0.15, 0.2) is 0 Å². The highest BCUT2D eigenvalue weighted by Crippen LogP contribution is 2.30. The lowest BCUT2D eigenvalue weighted by Gasteiger charge is -2.36. The summed E-state index contributed by atoms with van der Waals surface area (Å²) >= 11 is 0. The fourth-order valence-corrected chi connectivity index (χ4v) is 3.48. The van der Waals surface area contributed by atoms with Crippen molar-refractivity contribution >= 4 is 17.8 Å². The predicted octanol–water partition coefficient (Wildman–Crippen LogP) is 3.07. The third-order valence-electron chi connectivity index (χ3n) is 4.61. The highest BCUT2D eigenvalue weighted by molar-refractivity contribution is 5.87. The number of carbonyl (C=O) groups is 3. The second kappa shape index (κ2) is 8.95. The number of ether oxygens (including phenoxy) is 2. The zero-order valence-electron chi connectivity index (χ0n) is 18.2. The van der Waals surface area contributed by atoms with Gasteiger partial charge >= 0.3 is 6.09 Å². The van der Waals surface area contributed by atoms with E-state index in [2.05, 4.69) is 5.32 Å². The minimum atomic E-state index is -0.873. The Hall–Kier alpha value is -2.41. The normalized spacial score (nSPS) is 19.5. The van der Waals surface area contributed by atoms with Gasteiger partial charge < -0.3 is 19.7 Å². The quantitative estimate of drug-likeness (QED) is 0.788. The van der Waals surface area contributed by atoms with Crippen LogP contribution in [0.1, 0.15) is 53.5 Å². The average molecular weight is 405 g/mol. The lowest BCUT2D eigenvalue weighted by molar-refractivity contribution is -0.148. The van der Waals surface area contributed by atoms with E-state index in [0.29, 0.717) is 6.42 Å². The van der Waals surface area contributed by atoms with Gasteiger partial charge in [0.05, 0.1) is 12.6 Å². The maximum absolute atomic E-state index is 13.5. The molecule has 1 aromatic carbocycles. The molecule has 0 spiro atoms. The maximum atomic E-state index is 13.5. The Bertz CT molecular complexity index is 739. The highest BCUT2D eigenvalue weighted by Gasteiger charge is 2.46. The highest BCUT2D eigenvalue weighted by atomic mass is 16.6. The molecule has 29 heavy (non-hydrogen) atoms. The Morgan fingerprint density at radius 1 is 1.24 bits per heavy atom. The van der Waals surface area contributed by atoms with Crippen molar-refractivity contribution in [2.24, 2.45) is 0 Å². The molecule has 160 valence electrons. The molecule has 2 rings (SSSR count). The largest absolute Gasteiger partial charge is 0.444 e. The summed E-state index contributed by atoms with van der Waals surface area (Å²) in [7, 11) is 0. The molecule has 1 saturated heterocycles. The number of carbonyl (C=O) groups excluding carboxylic acids is 3. The van der Waals surface area contributed by atoms with E-state index in [-0.39, 0.29) is 30.8 Å². The Morgan fingerprint density at radius 2 is 1.86 bits per heavy atom. The van der Waals surface area contributed by atoms with Gasteiger partial charge in [-0.1, -0.05) is 30.3 Å². The van der Waals surface area contributed by atoms with Crippen LogP contribution in [0.4, 0.5) is 4.79 Å². The van der Waals surface area contributed by atoms with Crippen molar-refractivity contribution in [3.8, 4) is 0 Å². The third-order valence-corrected chi connectivity index (χ3v) is 4.61. The number of benzene rings is 1. The topological polar surface area (TPSA) is 84.9 Å². The first-order chi connectivity index (χ1) is 13.4. The van der Waals surface area contributed by atoms with Gasteiger partial charge in [0.2, 0.25) is 5.91 Å². The summed E-state index contributed by atoms with van der Waals surface area (Å²) < 4.78 is 11.1. The van der Waals surface area contributed by atoms with Gasteiger partial charge in [-0.15, -0.1) is 0 Å². The molecule has 0 unspecified atom stereocenters. The van der Waals surface area contributed by atoms with Crippen molar-refractivity contribution in [2.45, 2.75) is 77.8 Å². The molecule has 1 fully saturated rings. The molecule has 2 atom stereocenters. The van der Waals surface area contributed by atoms with Crippen LogP contribution in [0, 0.1) is 0 Å². The first-order valence-corrected chi connectivity index (χ1v) is 9.89. The summed E-state index contributed by atoms with van der Waals surface area (Å²) in [6, 6.07) is 8.24. The van der Waals surface area contributed by atoms with Crippen molar-refractivity contribution in [1.29, 1.82) is 0 Å². The summed E-state index contributed by atoms with van der Waals surface area (Å²) in [4.78, 5) is 39.2. The van der Waals surface area contributed by atoms with Crippen molar-refractivity contribution in [2.75, 3.05) is 6.61 Å². The zero-order chi connectivity index (χ0) is 21.8. The molecule has 1 N–H and O–H groups in total. The Labute approximate surface area is 172 Å². The lowest BCUT2D eigenvalue weighted by Crippen LogP contribution is -2.57. The van der Waals surface area contributed by atoms with Crippen LogP contribution in [-0.2, 0) is 25.5 Å². The fraction of sp³-hybridized carbons (Fsp3) is 0.591. The molecular formula is C22H32N2O5. The molecule has 7 heteroatoms. The molecule has 0 saturated carbocycles. The van der Waals surface area contributed by atoms with E-state index in [4.69, 9.17) is 9.47 Å². The molecule has 1 aliphatic heterocycles. The molecule has 0 radical (unpaired) electrons. The van der Waals surface area contributed by atoms with Crippen LogP contribution < -0.4 is 5.32 Å². The summed E-state index contributed by atoms with van der Waals surface area (Å²) in [6.45, 7) is 10.6. The van der Waals surface area contributed by atoms with Gasteiger partial charge in [0.1, 0.15) is 23.2 Å². The van der Waals surface area contributed by atoms with E-state index in [1.54, 1.807) is 39.5 Å². The smallest absolute Gasteiger partial charge is 0.408 e. The van der Waals surface area contributed by atoms with Gasteiger partial charge in [-0.25, -0.2) is 4.79 Å². The van der Waals surface area contributed by atoms with Gasteiger partial charge in [-0.3, -0.25) is 9.59 Å². The summed E-state index contributed by atoms with van der Waals surface area (Å²) in [5.41, 5.74) is -0.651. The molecule has 0 bridgehead atoms. The second-order valence-corrected chi connectivity index (χ2v) is 8.91. The molecular weight excluding hydrogens is 372 g/mol. The second-order valence-electron chi connectivity index (χ2n) is 8.91. The van der Waals surface area contributed by atoms with Gasteiger partial charge in [0.25, 0.3) is 0 Å². The fourth-order valence-electron chi connectivity index (χ4n) is 3.48. The number of hydrogen-bond donors (Lipinski definition) is 1. The number of alkyl carbamates (subject to hydrolysis) is 1. The van der Waals surface area contributed by atoms with Crippen LogP contribution in [0.15, 0.2) is 30.3 Å².